The van der Waals surface area contributed by atoms with Crippen molar-refractivity contribution >= 4 is 11.6 Å². The minimum Gasteiger partial charge on any atom is -0.385 e. The zero-order valence-electron chi connectivity index (χ0n) is 12.2. The van der Waals surface area contributed by atoms with Crippen molar-refractivity contribution in [2.75, 3.05) is 18.4 Å². The standard InChI is InChI=1S/C15H25N3O/c1-4-5-8-18-15(19)14-11-13(7-10-17-14)16-9-6-12(2)3/h7,10-12H,4-6,8-9H2,1-3H3,(H,16,17)(H,18,19). The van der Waals surface area contributed by atoms with Crippen LogP contribution in [0.2, 0.25) is 0 Å². The van der Waals surface area contributed by atoms with Crippen LogP contribution < -0.4 is 10.6 Å². The van der Waals surface area contributed by atoms with E-state index in [4.69, 9.17) is 0 Å². The molecular formula is C15H25N3O. The molecule has 4 nitrogen and oxygen atoms in total. The van der Waals surface area contributed by atoms with E-state index < -0.39 is 0 Å². The molecule has 0 aliphatic rings. The van der Waals surface area contributed by atoms with Gasteiger partial charge in [0.25, 0.3) is 5.91 Å². The predicted octanol–water partition coefficient (Wildman–Crippen LogP) is 3.07. The van der Waals surface area contributed by atoms with Crippen LogP contribution in [0.4, 0.5) is 5.69 Å². The summed E-state index contributed by atoms with van der Waals surface area (Å²) in [5, 5.41) is 6.19. The molecule has 0 fully saturated rings. The van der Waals surface area contributed by atoms with E-state index in [-0.39, 0.29) is 5.91 Å². The molecule has 0 saturated heterocycles. The van der Waals surface area contributed by atoms with Crippen LogP contribution in [0.3, 0.4) is 0 Å². The maximum atomic E-state index is 11.9. The lowest BCUT2D eigenvalue weighted by molar-refractivity contribution is 0.0948. The van der Waals surface area contributed by atoms with Gasteiger partial charge in [0.15, 0.2) is 0 Å². The van der Waals surface area contributed by atoms with Crippen molar-refractivity contribution in [2.24, 2.45) is 5.92 Å². The third kappa shape index (κ3) is 6.22. The summed E-state index contributed by atoms with van der Waals surface area (Å²) in [7, 11) is 0. The fraction of sp³-hybridized carbons (Fsp3) is 0.600. The number of carbonyl (C=O) groups excluding carboxylic acids is 1. The summed E-state index contributed by atoms with van der Waals surface area (Å²) in [5.74, 6) is 0.576. The third-order valence-electron chi connectivity index (χ3n) is 2.86. The third-order valence-corrected chi connectivity index (χ3v) is 2.86. The van der Waals surface area contributed by atoms with Gasteiger partial charge in [-0.05, 0) is 30.9 Å². The van der Waals surface area contributed by atoms with E-state index in [2.05, 4.69) is 36.4 Å². The van der Waals surface area contributed by atoms with Gasteiger partial charge in [0.1, 0.15) is 5.69 Å². The summed E-state index contributed by atoms with van der Waals surface area (Å²) in [6, 6.07) is 3.70. The van der Waals surface area contributed by atoms with Crippen molar-refractivity contribution in [1.29, 1.82) is 0 Å². The zero-order chi connectivity index (χ0) is 14.1. The second kappa shape index (κ2) is 8.51. The van der Waals surface area contributed by atoms with Crippen LogP contribution in [-0.4, -0.2) is 24.0 Å². The maximum Gasteiger partial charge on any atom is 0.269 e. The highest BCUT2D eigenvalue weighted by Gasteiger charge is 2.06. The van der Waals surface area contributed by atoms with Crippen LogP contribution in [0.1, 0.15) is 50.5 Å². The number of aromatic nitrogens is 1. The second-order valence-corrected chi connectivity index (χ2v) is 5.15. The first kappa shape index (κ1) is 15.5. The van der Waals surface area contributed by atoms with Crippen LogP contribution in [0, 0.1) is 5.92 Å². The van der Waals surface area contributed by atoms with Crippen molar-refractivity contribution in [1.82, 2.24) is 10.3 Å². The summed E-state index contributed by atoms with van der Waals surface area (Å²) in [6.07, 6.45) is 4.86. The Morgan fingerprint density at radius 3 is 2.84 bits per heavy atom. The molecule has 0 atom stereocenters. The van der Waals surface area contributed by atoms with Crippen molar-refractivity contribution in [2.45, 2.75) is 40.0 Å². The van der Waals surface area contributed by atoms with E-state index in [1.807, 2.05) is 12.1 Å². The molecule has 1 heterocycles. The average molecular weight is 263 g/mol. The van der Waals surface area contributed by atoms with Crippen LogP contribution in [0.25, 0.3) is 0 Å². The van der Waals surface area contributed by atoms with E-state index in [1.54, 1.807) is 6.20 Å². The first-order chi connectivity index (χ1) is 9.13. The number of anilines is 1. The van der Waals surface area contributed by atoms with Gasteiger partial charge in [0.05, 0.1) is 0 Å². The Morgan fingerprint density at radius 1 is 1.37 bits per heavy atom. The van der Waals surface area contributed by atoms with Crippen molar-refractivity contribution < 1.29 is 4.79 Å². The molecule has 2 N–H and O–H groups in total. The first-order valence-corrected chi connectivity index (χ1v) is 7.11. The largest absolute Gasteiger partial charge is 0.385 e. The summed E-state index contributed by atoms with van der Waals surface area (Å²) in [6.45, 7) is 8.12. The number of carbonyl (C=O) groups is 1. The summed E-state index contributed by atoms with van der Waals surface area (Å²) in [4.78, 5) is 16.0. The van der Waals surface area contributed by atoms with E-state index in [0.717, 1.165) is 31.5 Å². The Bertz CT molecular complexity index is 391. The number of amides is 1. The highest BCUT2D eigenvalue weighted by atomic mass is 16.1. The van der Waals surface area contributed by atoms with E-state index in [9.17, 15) is 4.79 Å². The minimum absolute atomic E-state index is 0.0963. The number of hydrogen-bond acceptors (Lipinski definition) is 3. The van der Waals surface area contributed by atoms with Gasteiger partial charge in [0.2, 0.25) is 0 Å². The fourth-order valence-electron chi connectivity index (χ4n) is 1.64. The molecule has 0 aliphatic carbocycles. The van der Waals surface area contributed by atoms with Gasteiger partial charge in [-0.2, -0.15) is 0 Å². The van der Waals surface area contributed by atoms with Gasteiger partial charge in [-0.15, -0.1) is 0 Å². The zero-order valence-corrected chi connectivity index (χ0v) is 12.2. The molecule has 0 spiro atoms. The number of unbranched alkanes of at least 4 members (excludes halogenated alkanes) is 1. The van der Waals surface area contributed by atoms with Crippen LogP contribution in [0.15, 0.2) is 18.3 Å². The smallest absolute Gasteiger partial charge is 0.269 e. The lowest BCUT2D eigenvalue weighted by atomic mass is 10.1. The molecule has 1 aromatic rings. The molecule has 0 aliphatic heterocycles. The number of pyridine rings is 1. The Hall–Kier alpha value is -1.58. The average Bonchev–Trinajstić information content (AvgIpc) is 2.39. The molecule has 0 aromatic carbocycles. The predicted molar refractivity (Wildman–Crippen MR) is 79.4 cm³/mol. The summed E-state index contributed by atoms with van der Waals surface area (Å²) in [5.41, 5.74) is 1.43. The molecule has 1 aromatic heterocycles. The Balaban J connectivity index is 2.48. The lowest BCUT2D eigenvalue weighted by Crippen LogP contribution is -2.25. The fourth-order valence-corrected chi connectivity index (χ4v) is 1.64. The summed E-state index contributed by atoms with van der Waals surface area (Å²) >= 11 is 0. The Kier molecular flexibility index (Phi) is 6.93. The highest BCUT2D eigenvalue weighted by Crippen LogP contribution is 2.09. The van der Waals surface area contributed by atoms with E-state index >= 15 is 0 Å². The van der Waals surface area contributed by atoms with Gasteiger partial charge in [0, 0.05) is 25.0 Å². The molecular weight excluding hydrogens is 238 g/mol. The quantitative estimate of drug-likeness (QED) is 0.709. The number of rotatable bonds is 8. The van der Waals surface area contributed by atoms with Gasteiger partial charge in [-0.1, -0.05) is 27.2 Å². The van der Waals surface area contributed by atoms with E-state index in [1.165, 1.54) is 0 Å². The van der Waals surface area contributed by atoms with Crippen molar-refractivity contribution in [3.05, 3.63) is 24.0 Å². The van der Waals surface area contributed by atoms with Crippen LogP contribution in [0.5, 0.6) is 0 Å². The lowest BCUT2D eigenvalue weighted by Gasteiger charge is -2.09. The van der Waals surface area contributed by atoms with Crippen LogP contribution >= 0.6 is 0 Å². The molecule has 1 amide bonds. The van der Waals surface area contributed by atoms with E-state index in [0.29, 0.717) is 18.2 Å². The topological polar surface area (TPSA) is 54.0 Å². The Labute approximate surface area is 116 Å². The molecule has 1 rings (SSSR count). The first-order valence-electron chi connectivity index (χ1n) is 7.11. The van der Waals surface area contributed by atoms with Gasteiger partial charge in [-0.3, -0.25) is 9.78 Å². The molecule has 0 radical (unpaired) electrons. The van der Waals surface area contributed by atoms with Gasteiger partial charge in [-0.25, -0.2) is 0 Å². The minimum atomic E-state index is -0.0963. The van der Waals surface area contributed by atoms with Crippen molar-refractivity contribution in [3.8, 4) is 0 Å². The highest BCUT2D eigenvalue weighted by molar-refractivity contribution is 5.93. The van der Waals surface area contributed by atoms with Gasteiger partial charge < -0.3 is 10.6 Å². The van der Waals surface area contributed by atoms with Gasteiger partial charge >= 0.3 is 0 Å². The van der Waals surface area contributed by atoms with Crippen molar-refractivity contribution in [3.63, 3.8) is 0 Å². The normalized spacial score (nSPS) is 10.5. The SMILES string of the molecule is CCCCNC(=O)c1cc(NCCC(C)C)ccn1. The second-order valence-electron chi connectivity index (χ2n) is 5.15. The molecule has 0 saturated carbocycles. The molecule has 0 unspecified atom stereocenters. The maximum absolute atomic E-state index is 11.9. The molecule has 4 heteroatoms. The number of hydrogen-bond donors (Lipinski definition) is 2. The number of nitrogens with zero attached hydrogens (tertiary/aromatic N) is 1. The Morgan fingerprint density at radius 2 is 2.16 bits per heavy atom. The molecule has 106 valence electrons. The summed E-state index contributed by atoms with van der Waals surface area (Å²) < 4.78 is 0. The van der Waals surface area contributed by atoms with Crippen LogP contribution in [-0.2, 0) is 0 Å². The molecule has 0 bridgehead atoms. The number of nitrogens with one attached hydrogen (secondary N) is 2. The monoisotopic (exact) mass is 263 g/mol. The molecule has 19 heavy (non-hydrogen) atoms.